The summed E-state index contributed by atoms with van der Waals surface area (Å²) in [4.78, 5) is 6.72. The lowest BCUT2D eigenvalue weighted by atomic mass is 10.2. The number of benzene rings is 1. The van der Waals surface area contributed by atoms with E-state index in [-0.39, 0.29) is 0 Å². The Bertz CT molecular complexity index is 425. The summed E-state index contributed by atoms with van der Waals surface area (Å²) in [6.45, 7) is 4.22. The van der Waals surface area contributed by atoms with Crippen molar-refractivity contribution < 1.29 is 0 Å². The molecule has 0 unspecified atom stereocenters. The number of anilines is 1. The van der Waals surface area contributed by atoms with Crippen LogP contribution in [0, 0.1) is 0 Å². The van der Waals surface area contributed by atoms with Crippen molar-refractivity contribution >= 4 is 5.69 Å². The van der Waals surface area contributed by atoms with Gasteiger partial charge in [0.15, 0.2) is 0 Å². The Kier molecular flexibility index (Phi) is 4.14. The first kappa shape index (κ1) is 11.6. The molecule has 2 aromatic rings. The lowest BCUT2D eigenvalue weighted by Crippen LogP contribution is -2.25. The molecule has 1 heterocycles. The van der Waals surface area contributed by atoms with Crippen molar-refractivity contribution in [3.05, 3.63) is 60.4 Å². The van der Waals surface area contributed by atoms with E-state index in [1.54, 1.807) is 0 Å². The fraction of sp³-hybridized carbons (Fsp3) is 0.267. The molecular weight excluding hydrogens is 208 g/mol. The summed E-state index contributed by atoms with van der Waals surface area (Å²) in [7, 11) is 0. The number of para-hydroxylation sites is 1. The van der Waals surface area contributed by atoms with Gasteiger partial charge >= 0.3 is 0 Å². The number of pyridine rings is 1. The summed E-state index contributed by atoms with van der Waals surface area (Å²) < 4.78 is 0. The first-order chi connectivity index (χ1) is 8.40. The van der Waals surface area contributed by atoms with E-state index in [1.807, 2.05) is 18.3 Å². The van der Waals surface area contributed by atoms with Crippen LogP contribution in [0.3, 0.4) is 0 Å². The molecule has 0 saturated carbocycles. The molecular formula is C15H18N2. The molecule has 1 aromatic carbocycles. The summed E-state index contributed by atoms with van der Waals surface area (Å²) in [6, 6.07) is 16.6. The number of likely N-dealkylation sites (N-methyl/N-ethyl adjacent to an activating group) is 1. The molecule has 0 amide bonds. The fourth-order valence-corrected chi connectivity index (χ4v) is 1.90. The molecule has 2 heteroatoms. The predicted octanol–water partition coefficient (Wildman–Crippen LogP) is 3.15. The second-order valence-corrected chi connectivity index (χ2v) is 3.99. The van der Waals surface area contributed by atoms with Crippen LogP contribution in [0.25, 0.3) is 0 Å². The average Bonchev–Trinajstić information content (AvgIpc) is 2.42. The van der Waals surface area contributed by atoms with Crippen molar-refractivity contribution in [1.29, 1.82) is 0 Å². The standard InChI is InChI=1S/C15H18N2/c1-2-17(15-9-4-3-5-10-15)13-11-14-8-6-7-12-16-14/h3-10,12H,2,11,13H2,1H3. The minimum absolute atomic E-state index is 0.990. The van der Waals surface area contributed by atoms with Gasteiger partial charge in [-0.2, -0.15) is 0 Å². The van der Waals surface area contributed by atoms with Crippen LogP contribution in [0.15, 0.2) is 54.7 Å². The third-order valence-electron chi connectivity index (χ3n) is 2.87. The Morgan fingerprint density at radius 2 is 1.76 bits per heavy atom. The topological polar surface area (TPSA) is 16.1 Å². The van der Waals surface area contributed by atoms with E-state index in [4.69, 9.17) is 0 Å². The van der Waals surface area contributed by atoms with Gasteiger partial charge in [0.2, 0.25) is 0 Å². The Hall–Kier alpha value is -1.83. The van der Waals surface area contributed by atoms with E-state index in [0.717, 1.165) is 25.2 Å². The van der Waals surface area contributed by atoms with Crippen molar-refractivity contribution in [2.75, 3.05) is 18.0 Å². The summed E-state index contributed by atoms with van der Waals surface area (Å²) in [5.41, 5.74) is 2.44. The lowest BCUT2D eigenvalue weighted by molar-refractivity contribution is 0.795. The summed E-state index contributed by atoms with van der Waals surface area (Å²) in [6.07, 6.45) is 2.84. The molecule has 0 atom stereocenters. The van der Waals surface area contributed by atoms with Gasteiger partial charge in [0, 0.05) is 37.1 Å². The minimum Gasteiger partial charge on any atom is -0.371 e. The molecule has 0 saturated heterocycles. The van der Waals surface area contributed by atoms with Gasteiger partial charge in [-0.3, -0.25) is 4.98 Å². The van der Waals surface area contributed by atoms with Crippen LogP contribution >= 0.6 is 0 Å². The Balaban J connectivity index is 1.97. The molecule has 0 N–H and O–H groups in total. The Morgan fingerprint density at radius 3 is 2.41 bits per heavy atom. The van der Waals surface area contributed by atoms with Crippen LogP contribution in [0.2, 0.25) is 0 Å². The van der Waals surface area contributed by atoms with E-state index in [2.05, 4.69) is 53.2 Å². The molecule has 0 spiro atoms. The van der Waals surface area contributed by atoms with Crippen molar-refractivity contribution in [3.8, 4) is 0 Å². The molecule has 17 heavy (non-hydrogen) atoms. The highest BCUT2D eigenvalue weighted by Crippen LogP contribution is 2.13. The largest absolute Gasteiger partial charge is 0.371 e. The molecule has 0 aliphatic heterocycles. The molecule has 2 nitrogen and oxygen atoms in total. The number of aromatic nitrogens is 1. The quantitative estimate of drug-likeness (QED) is 0.778. The van der Waals surface area contributed by atoms with Gasteiger partial charge in [0.1, 0.15) is 0 Å². The average molecular weight is 226 g/mol. The van der Waals surface area contributed by atoms with Crippen molar-refractivity contribution in [1.82, 2.24) is 4.98 Å². The van der Waals surface area contributed by atoms with Gasteiger partial charge in [-0.25, -0.2) is 0 Å². The summed E-state index contributed by atoms with van der Waals surface area (Å²) in [5.74, 6) is 0. The maximum absolute atomic E-state index is 4.35. The zero-order valence-corrected chi connectivity index (χ0v) is 10.2. The molecule has 0 radical (unpaired) electrons. The normalized spacial score (nSPS) is 10.2. The molecule has 0 fully saturated rings. The number of nitrogens with zero attached hydrogens (tertiary/aromatic N) is 2. The summed E-state index contributed by atoms with van der Waals surface area (Å²) >= 11 is 0. The third kappa shape index (κ3) is 3.31. The van der Waals surface area contributed by atoms with Crippen LogP contribution < -0.4 is 4.90 Å². The first-order valence-corrected chi connectivity index (χ1v) is 6.10. The highest BCUT2D eigenvalue weighted by molar-refractivity contribution is 5.45. The van der Waals surface area contributed by atoms with Crippen molar-refractivity contribution in [2.45, 2.75) is 13.3 Å². The molecule has 0 aliphatic rings. The summed E-state index contributed by atoms with van der Waals surface area (Å²) in [5, 5.41) is 0. The molecule has 0 aliphatic carbocycles. The Morgan fingerprint density at radius 1 is 1.00 bits per heavy atom. The highest BCUT2D eigenvalue weighted by Gasteiger charge is 2.03. The van der Waals surface area contributed by atoms with Crippen molar-refractivity contribution in [2.24, 2.45) is 0 Å². The highest BCUT2D eigenvalue weighted by atomic mass is 15.1. The van der Waals surface area contributed by atoms with Crippen LogP contribution in [0.1, 0.15) is 12.6 Å². The zero-order valence-electron chi connectivity index (χ0n) is 10.2. The predicted molar refractivity (Wildman–Crippen MR) is 72.3 cm³/mol. The number of rotatable bonds is 5. The molecule has 88 valence electrons. The third-order valence-corrected chi connectivity index (χ3v) is 2.87. The maximum Gasteiger partial charge on any atom is 0.0421 e. The van der Waals surface area contributed by atoms with E-state index in [1.165, 1.54) is 5.69 Å². The van der Waals surface area contributed by atoms with Gasteiger partial charge < -0.3 is 4.90 Å². The molecule has 2 rings (SSSR count). The van der Waals surface area contributed by atoms with Crippen LogP contribution in [-0.2, 0) is 6.42 Å². The van der Waals surface area contributed by atoms with Gasteiger partial charge in [0.05, 0.1) is 0 Å². The van der Waals surface area contributed by atoms with E-state index in [0.29, 0.717) is 0 Å². The smallest absolute Gasteiger partial charge is 0.0421 e. The van der Waals surface area contributed by atoms with E-state index >= 15 is 0 Å². The maximum atomic E-state index is 4.35. The van der Waals surface area contributed by atoms with Gasteiger partial charge in [-0.1, -0.05) is 24.3 Å². The van der Waals surface area contributed by atoms with Crippen LogP contribution in [0.5, 0.6) is 0 Å². The monoisotopic (exact) mass is 226 g/mol. The lowest BCUT2D eigenvalue weighted by Gasteiger charge is -2.22. The van der Waals surface area contributed by atoms with Crippen LogP contribution in [0.4, 0.5) is 5.69 Å². The molecule has 1 aromatic heterocycles. The second-order valence-electron chi connectivity index (χ2n) is 3.99. The van der Waals surface area contributed by atoms with Crippen molar-refractivity contribution in [3.63, 3.8) is 0 Å². The van der Waals surface area contributed by atoms with Gasteiger partial charge in [0.25, 0.3) is 0 Å². The van der Waals surface area contributed by atoms with E-state index < -0.39 is 0 Å². The zero-order chi connectivity index (χ0) is 11.9. The number of hydrogen-bond acceptors (Lipinski definition) is 2. The van der Waals surface area contributed by atoms with Gasteiger partial charge in [-0.15, -0.1) is 0 Å². The molecule has 0 bridgehead atoms. The van der Waals surface area contributed by atoms with Crippen LogP contribution in [-0.4, -0.2) is 18.1 Å². The fourth-order valence-electron chi connectivity index (χ4n) is 1.90. The SMILES string of the molecule is CCN(CCc1ccccn1)c1ccccc1. The Labute approximate surface area is 103 Å². The van der Waals surface area contributed by atoms with Gasteiger partial charge in [-0.05, 0) is 31.2 Å². The first-order valence-electron chi connectivity index (χ1n) is 6.10. The number of hydrogen-bond donors (Lipinski definition) is 0. The van der Waals surface area contributed by atoms with E-state index in [9.17, 15) is 0 Å². The second kappa shape index (κ2) is 6.04. The minimum atomic E-state index is 0.990.